The molecule has 1 aromatic carbocycles. The van der Waals surface area contributed by atoms with Crippen molar-refractivity contribution in [3.05, 3.63) is 42.7 Å². The molecule has 0 fully saturated rings. The van der Waals surface area contributed by atoms with E-state index < -0.39 is 0 Å². The molecule has 2 heteroatoms. The van der Waals surface area contributed by atoms with Gasteiger partial charge in [-0.1, -0.05) is 6.92 Å². The zero-order chi connectivity index (χ0) is 11.4. The van der Waals surface area contributed by atoms with Crippen LogP contribution in [0.2, 0.25) is 0 Å². The number of furan rings is 1. The third-order valence-electron chi connectivity index (χ3n) is 2.57. The number of benzene rings is 1. The fraction of sp³-hybridized carbons (Fsp3) is 0.286. The molecule has 2 rings (SSSR count). The quantitative estimate of drug-likeness (QED) is 0.766. The van der Waals surface area contributed by atoms with Crippen LogP contribution in [0.25, 0.3) is 11.3 Å². The summed E-state index contributed by atoms with van der Waals surface area (Å²) < 4.78 is 11.0. The van der Waals surface area contributed by atoms with Gasteiger partial charge >= 0.3 is 0 Å². The van der Waals surface area contributed by atoms with Crippen LogP contribution in [0.5, 0.6) is 5.75 Å². The normalized spacial score (nSPS) is 12.4. The Labute approximate surface area is 95.9 Å². The first-order chi connectivity index (χ1) is 7.79. The summed E-state index contributed by atoms with van der Waals surface area (Å²) in [5.74, 6) is 1.79. The van der Waals surface area contributed by atoms with Gasteiger partial charge in [0.1, 0.15) is 11.5 Å². The minimum Gasteiger partial charge on any atom is -0.491 e. The smallest absolute Gasteiger partial charge is 0.133 e. The summed E-state index contributed by atoms with van der Waals surface area (Å²) in [5, 5.41) is 0. The maximum absolute atomic E-state index is 5.71. The summed E-state index contributed by atoms with van der Waals surface area (Å²) in [4.78, 5) is 0. The van der Waals surface area contributed by atoms with Crippen LogP contribution in [0.15, 0.2) is 47.1 Å². The summed E-state index contributed by atoms with van der Waals surface area (Å²) in [6.45, 7) is 4.18. The van der Waals surface area contributed by atoms with E-state index >= 15 is 0 Å². The molecule has 0 amide bonds. The second-order valence-corrected chi connectivity index (χ2v) is 3.84. The molecular weight excluding hydrogens is 200 g/mol. The Morgan fingerprint density at radius 3 is 2.50 bits per heavy atom. The van der Waals surface area contributed by atoms with Crippen molar-refractivity contribution in [1.29, 1.82) is 0 Å². The molecule has 0 aliphatic carbocycles. The molecule has 1 atom stereocenters. The predicted molar refractivity (Wildman–Crippen MR) is 64.5 cm³/mol. The van der Waals surface area contributed by atoms with Crippen molar-refractivity contribution in [2.45, 2.75) is 26.4 Å². The van der Waals surface area contributed by atoms with Crippen LogP contribution in [0.1, 0.15) is 20.3 Å². The van der Waals surface area contributed by atoms with Crippen molar-refractivity contribution in [1.82, 2.24) is 0 Å². The molecule has 2 nitrogen and oxygen atoms in total. The van der Waals surface area contributed by atoms with Gasteiger partial charge in [0.2, 0.25) is 0 Å². The van der Waals surface area contributed by atoms with Gasteiger partial charge in [0.15, 0.2) is 0 Å². The van der Waals surface area contributed by atoms with Gasteiger partial charge in [-0.05, 0) is 49.7 Å². The van der Waals surface area contributed by atoms with E-state index in [4.69, 9.17) is 9.15 Å². The molecule has 1 unspecified atom stereocenters. The van der Waals surface area contributed by atoms with Crippen molar-refractivity contribution >= 4 is 0 Å². The van der Waals surface area contributed by atoms with E-state index in [1.165, 1.54) is 0 Å². The minimum atomic E-state index is 0.259. The van der Waals surface area contributed by atoms with Gasteiger partial charge in [-0.2, -0.15) is 0 Å². The molecule has 0 aliphatic heterocycles. The van der Waals surface area contributed by atoms with E-state index in [2.05, 4.69) is 13.8 Å². The minimum absolute atomic E-state index is 0.259. The number of ether oxygens (including phenoxy) is 1. The maximum Gasteiger partial charge on any atom is 0.133 e. The molecule has 1 heterocycles. The second-order valence-electron chi connectivity index (χ2n) is 3.84. The van der Waals surface area contributed by atoms with Gasteiger partial charge in [0.25, 0.3) is 0 Å². The third-order valence-corrected chi connectivity index (χ3v) is 2.57. The van der Waals surface area contributed by atoms with Crippen molar-refractivity contribution in [3.63, 3.8) is 0 Å². The van der Waals surface area contributed by atoms with E-state index in [1.54, 1.807) is 6.26 Å². The monoisotopic (exact) mass is 216 g/mol. The van der Waals surface area contributed by atoms with Gasteiger partial charge in [-0.25, -0.2) is 0 Å². The number of rotatable bonds is 4. The molecule has 2 aromatic rings. The van der Waals surface area contributed by atoms with Gasteiger partial charge in [0.05, 0.1) is 12.4 Å². The van der Waals surface area contributed by atoms with Crippen LogP contribution >= 0.6 is 0 Å². The maximum atomic E-state index is 5.71. The first-order valence-corrected chi connectivity index (χ1v) is 5.60. The lowest BCUT2D eigenvalue weighted by atomic mass is 10.2. The van der Waals surface area contributed by atoms with Crippen LogP contribution in [0, 0.1) is 0 Å². The zero-order valence-corrected chi connectivity index (χ0v) is 9.64. The highest BCUT2D eigenvalue weighted by Crippen LogP contribution is 2.23. The summed E-state index contributed by atoms with van der Waals surface area (Å²) in [6.07, 6.45) is 2.95. The molecule has 0 aliphatic rings. The Hall–Kier alpha value is -1.70. The van der Waals surface area contributed by atoms with Crippen molar-refractivity contribution in [2.75, 3.05) is 0 Å². The molecule has 0 N–H and O–H groups in total. The lowest BCUT2D eigenvalue weighted by molar-refractivity contribution is 0.217. The van der Waals surface area contributed by atoms with E-state index in [0.717, 1.165) is 23.5 Å². The van der Waals surface area contributed by atoms with E-state index in [-0.39, 0.29) is 6.10 Å². The highest BCUT2D eigenvalue weighted by atomic mass is 16.5. The molecule has 0 radical (unpaired) electrons. The summed E-state index contributed by atoms with van der Waals surface area (Å²) in [6, 6.07) is 11.8. The molecule has 0 spiro atoms. The van der Waals surface area contributed by atoms with Crippen LogP contribution in [0.4, 0.5) is 0 Å². The van der Waals surface area contributed by atoms with E-state index in [0.29, 0.717) is 0 Å². The topological polar surface area (TPSA) is 22.4 Å². The summed E-state index contributed by atoms with van der Waals surface area (Å²) in [7, 11) is 0. The van der Waals surface area contributed by atoms with Crippen LogP contribution in [0.3, 0.4) is 0 Å². The highest BCUT2D eigenvalue weighted by Gasteiger charge is 2.03. The number of hydrogen-bond donors (Lipinski definition) is 0. The average Bonchev–Trinajstić information content (AvgIpc) is 2.83. The van der Waals surface area contributed by atoms with E-state index in [1.807, 2.05) is 36.4 Å². The van der Waals surface area contributed by atoms with Gasteiger partial charge < -0.3 is 9.15 Å². The van der Waals surface area contributed by atoms with Crippen molar-refractivity contribution in [2.24, 2.45) is 0 Å². The zero-order valence-electron chi connectivity index (χ0n) is 9.64. The fourth-order valence-electron chi connectivity index (χ4n) is 1.46. The fourth-order valence-corrected chi connectivity index (χ4v) is 1.46. The highest BCUT2D eigenvalue weighted by molar-refractivity contribution is 5.58. The molecule has 1 aromatic heterocycles. The van der Waals surface area contributed by atoms with Crippen molar-refractivity contribution in [3.8, 4) is 17.1 Å². The second kappa shape index (κ2) is 4.88. The predicted octanol–water partition coefficient (Wildman–Crippen LogP) is 4.12. The molecular formula is C14H16O2. The Morgan fingerprint density at radius 1 is 1.19 bits per heavy atom. The van der Waals surface area contributed by atoms with Crippen LogP contribution in [-0.2, 0) is 0 Å². The first-order valence-electron chi connectivity index (χ1n) is 5.60. The Balaban J connectivity index is 2.11. The van der Waals surface area contributed by atoms with Crippen molar-refractivity contribution < 1.29 is 9.15 Å². The van der Waals surface area contributed by atoms with Crippen LogP contribution < -0.4 is 4.74 Å². The molecule has 0 saturated carbocycles. The average molecular weight is 216 g/mol. The van der Waals surface area contributed by atoms with E-state index in [9.17, 15) is 0 Å². The lowest BCUT2D eigenvalue weighted by Gasteiger charge is -2.12. The van der Waals surface area contributed by atoms with Crippen LogP contribution in [-0.4, -0.2) is 6.10 Å². The Bertz CT molecular complexity index is 415. The van der Waals surface area contributed by atoms with Gasteiger partial charge in [-0.15, -0.1) is 0 Å². The lowest BCUT2D eigenvalue weighted by Crippen LogP contribution is -2.09. The Morgan fingerprint density at radius 2 is 1.94 bits per heavy atom. The van der Waals surface area contributed by atoms with Gasteiger partial charge in [-0.3, -0.25) is 0 Å². The standard InChI is InChI=1S/C14H16O2/c1-3-11(2)16-13-8-6-12(7-9-13)14-5-4-10-15-14/h4-11H,3H2,1-2H3. The van der Waals surface area contributed by atoms with Gasteiger partial charge in [0, 0.05) is 5.56 Å². The Kier molecular flexibility index (Phi) is 3.30. The molecule has 84 valence electrons. The molecule has 0 saturated heterocycles. The molecule has 0 bridgehead atoms. The SMILES string of the molecule is CCC(C)Oc1ccc(-c2ccco2)cc1. The third kappa shape index (κ3) is 2.45. The largest absolute Gasteiger partial charge is 0.491 e. The number of hydrogen-bond acceptors (Lipinski definition) is 2. The summed E-state index contributed by atoms with van der Waals surface area (Å²) in [5.41, 5.74) is 1.07. The molecule has 16 heavy (non-hydrogen) atoms. The summed E-state index contributed by atoms with van der Waals surface area (Å²) >= 11 is 0. The first kappa shape index (κ1) is 10.8.